The lowest BCUT2D eigenvalue weighted by Gasteiger charge is -2.30. The normalized spacial score (nSPS) is 14.9. The van der Waals surface area contributed by atoms with Gasteiger partial charge >= 0.3 is 12.4 Å². The van der Waals surface area contributed by atoms with Gasteiger partial charge in [-0.15, -0.1) is 0 Å². The highest BCUT2D eigenvalue weighted by molar-refractivity contribution is 6.31. The average Bonchev–Trinajstić information content (AvgIpc) is 2.63. The number of aryl methyl sites for hydroxylation is 1. The van der Waals surface area contributed by atoms with Crippen LogP contribution >= 0.6 is 11.6 Å². The van der Waals surface area contributed by atoms with Gasteiger partial charge in [-0.25, -0.2) is 0 Å². The molecule has 116 valence electrons. The third kappa shape index (κ3) is 3.36. The smallest absolute Gasteiger partial charge is 0.271 e. The second-order valence-corrected chi connectivity index (χ2v) is 4.31. The number of alkyl halides is 6. The molecule has 0 bridgehead atoms. The van der Waals surface area contributed by atoms with Crippen LogP contribution in [0.1, 0.15) is 18.7 Å². The lowest BCUT2D eigenvalue weighted by atomic mass is 9.95. The summed E-state index contributed by atoms with van der Waals surface area (Å²) in [5, 5.41) is 3.28. The van der Waals surface area contributed by atoms with E-state index in [1.807, 2.05) is 0 Å². The Kier molecular flexibility index (Phi) is 4.93. The first-order valence-corrected chi connectivity index (χ1v) is 5.72. The van der Waals surface area contributed by atoms with Crippen molar-refractivity contribution < 1.29 is 26.3 Å². The molecule has 0 aliphatic rings. The second-order valence-electron chi connectivity index (χ2n) is 3.90. The minimum Gasteiger partial charge on any atom is -0.271 e. The Morgan fingerprint density at radius 3 is 2.15 bits per heavy atom. The van der Waals surface area contributed by atoms with Crippen LogP contribution in [0.4, 0.5) is 26.3 Å². The van der Waals surface area contributed by atoms with E-state index >= 15 is 0 Å². The zero-order valence-electron chi connectivity index (χ0n) is 10.1. The van der Waals surface area contributed by atoms with Crippen LogP contribution in [0.15, 0.2) is 6.20 Å². The second kappa shape index (κ2) is 5.78. The van der Waals surface area contributed by atoms with Gasteiger partial charge in [-0.1, -0.05) is 11.6 Å². The molecule has 0 aliphatic carbocycles. The SMILES string of the molecule is CCn1ncc(Cl)c1C(NN)C(C(F)(F)F)C(F)(F)F. The van der Waals surface area contributed by atoms with Crippen LogP contribution < -0.4 is 11.3 Å². The first kappa shape index (κ1) is 17.1. The van der Waals surface area contributed by atoms with E-state index in [-0.39, 0.29) is 11.6 Å². The summed E-state index contributed by atoms with van der Waals surface area (Å²) in [6.07, 6.45) is -10.1. The molecule has 1 aromatic rings. The minimum absolute atomic E-state index is 0.0443. The zero-order valence-corrected chi connectivity index (χ0v) is 10.8. The quantitative estimate of drug-likeness (QED) is 0.509. The van der Waals surface area contributed by atoms with E-state index in [2.05, 4.69) is 5.10 Å². The van der Waals surface area contributed by atoms with Crippen molar-refractivity contribution in [2.24, 2.45) is 11.8 Å². The van der Waals surface area contributed by atoms with Crippen LogP contribution in [0.25, 0.3) is 0 Å². The summed E-state index contributed by atoms with van der Waals surface area (Å²) in [4.78, 5) is 0. The number of aromatic nitrogens is 2. The Labute approximate surface area is 114 Å². The number of nitrogens with two attached hydrogens (primary N) is 1. The van der Waals surface area contributed by atoms with Gasteiger partial charge in [-0.3, -0.25) is 16.0 Å². The fourth-order valence-electron chi connectivity index (χ4n) is 1.83. The molecule has 0 aromatic carbocycles. The Bertz CT molecular complexity index is 440. The fourth-order valence-corrected chi connectivity index (χ4v) is 2.09. The number of nitrogens with one attached hydrogen (secondary N) is 1. The van der Waals surface area contributed by atoms with Crippen LogP contribution in [0.2, 0.25) is 5.02 Å². The van der Waals surface area contributed by atoms with Crippen molar-refractivity contribution in [1.82, 2.24) is 15.2 Å². The molecule has 4 nitrogen and oxygen atoms in total. The van der Waals surface area contributed by atoms with Crippen LogP contribution in [-0.2, 0) is 6.54 Å². The van der Waals surface area contributed by atoms with Gasteiger partial charge in [0.1, 0.15) is 0 Å². The predicted octanol–water partition coefficient (Wildman–Crippen LogP) is 2.80. The first-order chi connectivity index (χ1) is 9.04. The summed E-state index contributed by atoms with van der Waals surface area (Å²) < 4.78 is 77.3. The molecule has 3 N–H and O–H groups in total. The molecule has 1 atom stereocenters. The minimum atomic E-state index is -5.54. The predicted molar refractivity (Wildman–Crippen MR) is 58.6 cm³/mol. The third-order valence-electron chi connectivity index (χ3n) is 2.65. The standard InChI is InChI=1S/C9H11ClF6N4/c1-2-20-6(4(10)3-18-20)5(19-17)7(8(11,12)13)9(14,15)16/h3,5,7,19H,2,17H2,1H3. The van der Waals surface area contributed by atoms with E-state index in [9.17, 15) is 26.3 Å². The number of halogens is 7. The summed E-state index contributed by atoms with van der Waals surface area (Å²) in [7, 11) is 0. The first-order valence-electron chi connectivity index (χ1n) is 5.34. The third-order valence-corrected chi connectivity index (χ3v) is 2.94. The monoisotopic (exact) mass is 324 g/mol. The number of hydrazine groups is 1. The van der Waals surface area contributed by atoms with Crippen molar-refractivity contribution >= 4 is 11.6 Å². The summed E-state index contributed by atoms with van der Waals surface area (Å²) >= 11 is 5.63. The molecule has 0 aliphatic heterocycles. The molecule has 1 rings (SSSR count). The van der Waals surface area contributed by atoms with Crippen molar-refractivity contribution in [2.45, 2.75) is 31.9 Å². The van der Waals surface area contributed by atoms with E-state index in [1.54, 1.807) is 5.43 Å². The Morgan fingerprint density at radius 1 is 1.30 bits per heavy atom. The molecule has 1 unspecified atom stereocenters. The summed E-state index contributed by atoms with van der Waals surface area (Å²) in [5.41, 5.74) is 1.09. The Hall–Kier alpha value is -1.00. The molecule has 11 heteroatoms. The average molecular weight is 325 g/mol. The van der Waals surface area contributed by atoms with Gasteiger partial charge in [-0.05, 0) is 6.92 Å². The van der Waals surface area contributed by atoms with Crippen molar-refractivity contribution in [3.63, 3.8) is 0 Å². The molecule has 0 radical (unpaired) electrons. The topological polar surface area (TPSA) is 55.9 Å². The number of rotatable bonds is 4. The van der Waals surface area contributed by atoms with Gasteiger partial charge in [0.05, 0.1) is 23.0 Å². The molecule has 0 fully saturated rings. The molecule has 1 heterocycles. The molecule has 20 heavy (non-hydrogen) atoms. The largest absolute Gasteiger partial charge is 0.402 e. The summed E-state index contributed by atoms with van der Waals surface area (Å²) in [6.45, 7) is 1.54. The maximum Gasteiger partial charge on any atom is 0.402 e. The van der Waals surface area contributed by atoms with Crippen molar-refractivity contribution in [1.29, 1.82) is 0 Å². The number of hydrogen-bond donors (Lipinski definition) is 2. The molecule has 0 amide bonds. The van der Waals surface area contributed by atoms with Crippen molar-refractivity contribution in [3.8, 4) is 0 Å². The van der Waals surface area contributed by atoms with Crippen LogP contribution in [0.5, 0.6) is 0 Å². The molecule has 0 saturated heterocycles. The number of hydrogen-bond acceptors (Lipinski definition) is 3. The summed E-state index contributed by atoms with van der Waals surface area (Å²) in [6, 6.07) is -2.29. The zero-order chi connectivity index (χ0) is 15.7. The lowest BCUT2D eigenvalue weighted by Crippen LogP contribution is -2.48. The number of nitrogens with zero attached hydrogens (tertiary/aromatic N) is 2. The molecular formula is C9H11ClF6N4. The van der Waals surface area contributed by atoms with Gasteiger partial charge in [0, 0.05) is 6.54 Å². The highest BCUT2D eigenvalue weighted by Crippen LogP contribution is 2.47. The maximum atomic E-state index is 12.7. The van der Waals surface area contributed by atoms with E-state index in [0.29, 0.717) is 0 Å². The molecule has 0 saturated carbocycles. The highest BCUT2D eigenvalue weighted by atomic mass is 35.5. The lowest BCUT2D eigenvalue weighted by molar-refractivity contribution is -0.293. The van der Waals surface area contributed by atoms with Gasteiger partial charge in [0.2, 0.25) is 0 Å². The van der Waals surface area contributed by atoms with E-state index < -0.39 is 30.0 Å². The molecule has 1 aromatic heterocycles. The Balaban J connectivity index is 3.38. The van der Waals surface area contributed by atoms with Gasteiger partial charge in [0.15, 0.2) is 5.92 Å². The highest BCUT2D eigenvalue weighted by Gasteiger charge is 2.61. The maximum absolute atomic E-state index is 12.7. The fraction of sp³-hybridized carbons (Fsp3) is 0.667. The Morgan fingerprint density at radius 2 is 1.80 bits per heavy atom. The van der Waals surface area contributed by atoms with Crippen LogP contribution in [-0.4, -0.2) is 22.1 Å². The van der Waals surface area contributed by atoms with Gasteiger partial charge in [0.25, 0.3) is 0 Å². The van der Waals surface area contributed by atoms with Gasteiger partial charge < -0.3 is 0 Å². The van der Waals surface area contributed by atoms with Gasteiger partial charge in [-0.2, -0.15) is 31.4 Å². The summed E-state index contributed by atoms with van der Waals surface area (Å²) in [5.74, 6) is 1.21. The van der Waals surface area contributed by atoms with Crippen molar-refractivity contribution in [2.75, 3.05) is 0 Å². The van der Waals surface area contributed by atoms with Crippen molar-refractivity contribution in [3.05, 3.63) is 16.9 Å². The van der Waals surface area contributed by atoms with Crippen LogP contribution in [0, 0.1) is 5.92 Å². The van der Waals surface area contributed by atoms with E-state index in [4.69, 9.17) is 17.4 Å². The molecular weight excluding hydrogens is 314 g/mol. The van der Waals surface area contributed by atoms with E-state index in [0.717, 1.165) is 10.9 Å². The van der Waals surface area contributed by atoms with E-state index in [1.165, 1.54) is 6.92 Å². The molecule has 0 spiro atoms. The van der Waals surface area contributed by atoms with Crippen LogP contribution in [0.3, 0.4) is 0 Å².